The molecule has 0 radical (unpaired) electrons. The van der Waals surface area contributed by atoms with Gasteiger partial charge in [0.05, 0.1) is 26.3 Å². The number of ether oxygens (including phenoxy) is 2. The fourth-order valence-electron chi connectivity index (χ4n) is 2.32. The Bertz CT molecular complexity index is 680. The molecule has 0 saturated carbocycles. The van der Waals surface area contributed by atoms with E-state index >= 15 is 0 Å². The first-order valence-electron chi connectivity index (χ1n) is 7.16. The van der Waals surface area contributed by atoms with Gasteiger partial charge in [-0.2, -0.15) is 0 Å². The average Bonchev–Trinajstić information content (AvgIpc) is 2.93. The fraction of sp³-hybridized carbons (Fsp3) is 0.375. The molecular weight excluding hydrogens is 300 g/mol. The van der Waals surface area contributed by atoms with E-state index in [-0.39, 0.29) is 5.91 Å². The second kappa shape index (κ2) is 6.36. The number of methoxy groups -OCH3 is 2. The highest BCUT2D eigenvalue weighted by Crippen LogP contribution is 2.33. The van der Waals surface area contributed by atoms with Crippen LogP contribution in [0.4, 0.5) is 0 Å². The number of carbonyl (C=O) groups is 1. The number of likely N-dealkylation sites (tertiary alicyclic amines) is 1. The van der Waals surface area contributed by atoms with Crippen molar-refractivity contribution in [3.63, 3.8) is 0 Å². The number of amides is 1. The Balaban J connectivity index is 1.76. The molecule has 22 heavy (non-hydrogen) atoms. The lowest BCUT2D eigenvalue weighted by Crippen LogP contribution is -2.42. The van der Waals surface area contributed by atoms with E-state index < -0.39 is 0 Å². The van der Waals surface area contributed by atoms with Crippen molar-refractivity contribution in [1.82, 2.24) is 9.88 Å². The summed E-state index contributed by atoms with van der Waals surface area (Å²) in [6.07, 6.45) is 1.49. The molecule has 1 saturated heterocycles. The Labute approximate surface area is 133 Å². The van der Waals surface area contributed by atoms with E-state index in [0.717, 1.165) is 35.8 Å². The molecule has 0 bridgehead atoms. The third kappa shape index (κ3) is 2.92. The van der Waals surface area contributed by atoms with Gasteiger partial charge in [0.1, 0.15) is 5.01 Å². The fourth-order valence-corrected chi connectivity index (χ4v) is 3.14. The van der Waals surface area contributed by atoms with Crippen LogP contribution in [0.3, 0.4) is 0 Å². The van der Waals surface area contributed by atoms with E-state index in [1.54, 1.807) is 14.2 Å². The zero-order valence-electron chi connectivity index (χ0n) is 12.7. The van der Waals surface area contributed by atoms with Crippen molar-refractivity contribution in [2.75, 3.05) is 27.3 Å². The van der Waals surface area contributed by atoms with Crippen molar-refractivity contribution < 1.29 is 14.3 Å². The van der Waals surface area contributed by atoms with Gasteiger partial charge < -0.3 is 14.4 Å². The van der Waals surface area contributed by atoms with Crippen LogP contribution in [0.5, 0.6) is 11.5 Å². The zero-order chi connectivity index (χ0) is 15.5. The maximum Gasteiger partial charge on any atom is 0.228 e. The highest BCUT2D eigenvalue weighted by Gasteiger charge is 2.21. The molecule has 1 aliphatic rings. The lowest BCUT2D eigenvalue weighted by molar-refractivity contribution is -0.133. The monoisotopic (exact) mass is 318 g/mol. The van der Waals surface area contributed by atoms with Crippen molar-refractivity contribution in [2.45, 2.75) is 12.8 Å². The standard InChI is InChI=1S/C16H18N2O3S/c1-20-13-5-4-11(8-14(13)21-2)16-17-12(10-22-16)9-15(19)18-6-3-7-18/h4-5,8,10H,3,6-7,9H2,1-2H3. The van der Waals surface area contributed by atoms with Gasteiger partial charge in [0.25, 0.3) is 0 Å². The summed E-state index contributed by atoms with van der Waals surface area (Å²) in [7, 11) is 3.22. The molecule has 5 nitrogen and oxygen atoms in total. The molecule has 6 heteroatoms. The number of hydrogen-bond donors (Lipinski definition) is 0. The van der Waals surface area contributed by atoms with Gasteiger partial charge in [-0.15, -0.1) is 11.3 Å². The number of aromatic nitrogens is 1. The molecular formula is C16H18N2O3S. The average molecular weight is 318 g/mol. The molecule has 1 aromatic carbocycles. The van der Waals surface area contributed by atoms with Gasteiger partial charge in [0.15, 0.2) is 11.5 Å². The van der Waals surface area contributed by atoms with Crippen LogP contribution in [-0.4, -0.2) is 43.1 Å². The lowest BCUT2D eigenvalue weighted by atomic mass is 10.2. The zero-order valence-corrected chi connectivity index (χ0v) is 13.5. The molecule has 1 amide bonds. The van der Waals surface area contributed by atoms with Crippen LogP contribution in [0.15, 0.2) is 23.6 Å². The first kappa shape index (κ1) is 14.8. The first-order chi connectivity index (χ1) is 10.7. The summed E-state index contributed by atoms with van der Waals surface area (Å²) in [5.41, 5.74) is 1.79. The van der Waals surface area contributed by atoms with E-state index in [9.17, 15) is 4.79 Å². The number of benzene rings is 1. The van der Waals surface area contributed by atoms with E-state index in [0.29, 0.717) is 17.9 Å². The topological polar surface area (TPSA) is 51.7 Å². The van der Waals surface area contributed by atoms with Gasteiger partial charge in [-0.1, -0.05) is 0 Å². The second-order valence-electron chi connectivity index (χ2n) is 5.12. The molecule has 116 valence electrons. The third-order valence-electron chi connectivity index (χ3n) is 3.72. The maximum atomic E-state index is 12.0. The summed E-state index contributed by atoms with van der Waals surface area (Å²) in [5, 5.41) is 2.83. The van der Waals surface area contributed by atoms with E-state index in [1.165, 1.54) is 11.3 Å². The highest BCUT2D eigenvalue weighted by atomic mass is 32.1. The van der Waals surface area contributed by atoms with Gasteiger partial charge in [0.2, 0.25) is 5.91 Å². The van der Waals surface area contributed by atoms with Crippen LogP contribution in [0.2, 0.25) is 0 Å². The van der Waals surface area contributed by atoms with Crippen molar-refractivity contribution in [3.05, 3.63) is 29.3 Å². The molecule has 2 aromatic rings. The Kier molecular flexibility index (Phi) is 4.29. The first-order valence-corrected chi connectivity index (χ1v) is 8.04. The number of thiazole rings is 1. The molecule has 0 aliphatic carbocycles. The van der Waals surface area contributed by atoms with Gasteiger partial charge in [-0.05, 0) is 24.6 Å². The Morgan fingerprint density at radius 3 is 2.68 bits per heavy atom. The lowest BCUT2D eigenvalue weighted by Gasteiger charge is -2.30. The van der Waals surface area contributed by atoms with Crippen LogP contribution in [-0.2, 0) is 11.2 Å². The van der Waals surface area contributed by atoms with E-state index in [1.807, 2.05) is 28.5 Å². The van der Waals surface area contributed by atoms with Gasteiger partial charge in [0, 0.05) is 24.0 Å². The Morgan fingerprint density at radius 2 is 2.05 bits per heavy atom. The Morgan fingerprint density at radius 1 is 1.27 bits per heavy atom. The number of nitrogens with zero attached hydrogens (tertiary/aromatic N) is 2. The van der Waals surface area contributed by atoms with Gasteiger partial charge in [-0.3, -0.25) is 4.79 Å². The third-order valence-corrected chi connectivity index (χ3v) is 4.66. The van der Waals surface area contributed by atoms with E-state index in [2.05, 4.69) is 4.98 Å². The van der Waals surface area contributed by atoms with Crippen LogP contribution >= 0.6 is 11.3 Å². The predicted octanol–water partition coefficient (Wildman–Crippen LogP) is 2.60. The molecule has 0 atom stereocenters. The second-order valence-corrected chi connectivity index (χ2v) is 5.98. The number of rotatable bonds is 5. The summed E-state index contributed by atoms with van der Waals surface area (Å²) in [6, 6.07) is 5.71. The molecule has 2 heterocycles. The van der Waals surface area contributed by atoms with Crippen molar-refractivity contribution in [2.24, 2.45) is 0 Å². The molecule has 1 aliphatic heterocycles. The normalized spacial score (nSPS) is 13.6. The summed E-state index contributed by atoms with van der Waals surface area (Å²) in [6.45, 7) is 1.76. The summed E-state index contributed by atoms with van der Waals surface area (Å²) >= 11 is 1.54. The van der Waals surface area contributed by atoms with Gasteiger partial charge >= 0.3 is 0 Å². The van der Waals surface area contributed by atoms with Crippen molar-refractivity contribution in [3.8, 4) is 22.1 Å². The van der Waals surface area contributed by atoms with Crippen LogP contribution in [0, 0.1) is 0 Å². The molecule has 0 spiro atoms. The molecule has 0 N–H and O–H groups in total. The minimum absolute atomic E-state index is 0.162. The van der Waals surface area contributed by atoms with Crippen LogP contribution < -0.4 is 9.47 Å². The predicted molar refractivity (Wildman–Crippen MR) is 85.6 cm³/mol. The number of hydrogen-bond acceptors (Lipinski definition) is 5. The van der Waals surface area contributed by atoms with Crippen LogP contribution in [0.1, 0.15) is 12.1 Å². The molecule has 1 aromatic heterocycles. The minimum atomic E-state index is 0.162. The van der Waals surface area contributed by atoms with Gasteiger partial charge in [-0.25, -0.2) is 4.98 Å². The number of carbonyl (C=O) groups excluding carboxylic acids is 1. The van der Waals surface area contributed by atoms with Crippen molar-refractivity contribution in [1.29, 1.82) is 0 Å². The SMILES string of the molecule is COc1ccc(-c2nc(CC(=O)N3CCC3)cs2)cc1OC. The Hall–Kier alpha value is -2.08. The van der Waals surface area contributed by atoms with Crippen LogP contribution in [0.25, 0.3) is 10.6 Å². The summed E-state index contributed by atoms with van der Waals surface area (Å²) < 4.78 is 10.6. The summed E-state index contributed by atoms with van der Waals surface area (Å²) in [5.74, 6) is 1.53. The minimum Gasteiger partial charge on any atom is -0.493 e. The largest absolute Gasteiger partial charge is 0.493 e. The quantitative estimate of drug-likeness (QED) is 0.850. The van der Waals surface area contributed by atoms with E-state index in [4.69, 9.17) is 9.47 Å². The van der Waals surface area contributed by atoms with Crippen molar-refractivity contribution >= 4 is 17.2 Å². The molecule has 1 fully saturated rings. The molecule has 3 rings (SSSR count). The smallest absolute Gasteiger partial charge is 0.228 e. The summed E-state index contributed by atoms with van der Waals surface area (Å²) in [4.78, 5) is 18.4. The molecule has 0 unspecified atom stereocenters. The highest BCUT2D eigenvalue weighted by molar-refractivity contribution is 7.13. The maximum absolute atomic E-state index is 12.0.